The zero-order valence-electron chi connectivity index (χ0n) is 15.8. The minimum Gasteiger partial charge on any atom is -0.352 e. The summed E-state index contributed by atoms with van der Waals surface area (Å²) in [6, 6.07) is 5.57. The first-order valence-corrected chi connectivity index (χ1v) is 9.76. The number of halogens is 3. The van der Waals surface area contributed by atoms with Gasteiger partial charge >= 0.3 is 6.18 Å². The van der Waals surface area contributed by atoms with Crippen molar-refractivity contribution >= 4 is 5.91 Å². The van der Waals surface area contributed by atoms with Gasteiger partial charge in [0.15, 0.2) is 0 Å². The van der Waals surface area contributed by atoms with Crippen LogP contribution < -0.4 is 5.32 Å². The normalized spacial score (nSPS) is 21.3. The Morgan fingerprint density at radius 3 is 2.26 bits per heavy atom. The lowest BCUT2D eigenvalue weighted by molar-refractivity contribution is -0.137. The largest absolute Gasteiger partial charge is 0.416 e. The third kappa shape index (κ3) is 5.45. The molecule has 1 aliphatic heterocycles. The van der Waals surface area contributed by atoms with Crippen molar-refractivity contribution in [1.29, 1.82) is 0 Å². The molecular weight excluding hydrogens is 355 g/mol. The molecule has 0 aromatic heterocycles. The van der Waals surface area contributed by atoms with Crippen molar-refractivity contribution in [2.45, 2.75) is 57.4 Å². The Bertz CT molecular complexity index is 618. The fraction of sp³-hybridized carbons (Fsp3) is 0.650. The van der Waals surface area contributed by atoms with Crippen LogP contribution in [-0.2, 0) is 17.5 Å². The molecule has 1 aromatic carbocycles. The summed E-state index contributed by atoms with van der Waals surface area (Å²) in [6.45, 7) is 5.79. The monoisotopic (exact) mass is 383 g/mol. The van der Waals surface area contributed by atoms with Crippen LogP contribution in [0.1, 0.15) is 43.7 Å². The molecule has 0 unspecified atom stereocenters. The van der Waals surface area contributed by atoms with E-state index in [9.17, 15) is 18.0 Å². The van der Waals surface area contributed by atoms with E-state index in [1.54, 1.807) is 12.1 Å². The summed E-state index contributed by atoms with van der Waals surface area (Å²) < 4.78 is 37.9. The van der Waals surface area contributed by atoms with E-state index in [4.69, 9.17) is 0 Å². The Balaban J connectivity index is 1.45. The predicted octanol–water partition coefficient (Wildman–Crippen LogP) is 3.27. The average molecular weight is 383 g/mol. The van der Waals surface area contributed by atoms with E-state index in [0.29, 0.717) is 12.6 Å². The third-order valence-electron chi connectivity index (χ3n) is 5.72. The van der Waals surface area contributed by atoms with Gasteiger partial charge in [-0.05, 0) is 37.5 Å². The zero-order chi connectivity index (χ0) is 19.4. The van der Waals surface area contributed by atoms with Gasteiger partial charge in [-0.1, -0.05) is 25.0 Å². The smallest absolute Gasteiger partial charge is 0.352 e. The van der Waals surface area contributed by atoms with Gasteiger partial charge in [0.05, 0.1) is 11.6 Å². The highest BCUT2D eigenvalue weighted by Crippen LogP contribution is 2.29. The van der Waals surface area contributed by atoms with Crippen molar-refractivity contribution < 1.29 is 18.0 Å². The summed E-state index contributed by atoms with van der Waals surface area (Å²) in [5, 5.41) is 3.16. The number of carbonyl (C=O) groups is 1. The third-order valence-corrected chi connectivity index (χ3v) is 5.72. The van der Waals surface area contributed by atoms with Gasteiger partial charge in [-0.2, -0.15) is 13.2 Å². The van der Waals surface area contributed by atoms with Crippen LogP contribution in [0.4, 0.5) is 13.2 Å². The Labute approximate surface area is 158 Å². The summed E-state index contributed by atoms with van der Waals surface area (Å²) in [4.78, 5) is 16.8. The lowest BCUT2D eigenvalue weighted by Crippen LogP contribution is -2.54. The maximum absolute atomic E-state index is 12.6. The molecule has 2 aliphatic rings. The molecule has 1 saturated heterocycles. The number of nitrogens with zero attached hydrogens (tertiary/aromatic N) is 2. The SMILES string of the molecule is C[C@@H](C(=O)NC1CCCC1)N1CCN(Cc2ccc(C(F)(F)F)cc2)CC1. The van der Waals surface area contributed by atoms with Gasteiger partial charge in [0.25, 0.3) is 0 Å². The predicted molar refractivity (Wildman–Crippen MR) is 98.2 cm³/mol. The van der Waals surface area contributed by atoms with E-state index < -0.39 is 11.7 Å². The van der Waals surface area contributed by atoms with E-state index >= 15 is 0 Å². The highest BCUT2D eigenvalue weighted by Gasteiger charge is 2.30. The van der Waals surface area contributed by atoms with Gasteiger partial charge in [0, 0.05) is 38.8 Å². The van der Waals surface area contributed by atoms with Crippen LogP contribution in [-0.4, -0.2) is 54.0 Å². The second kappa shape index (κ2) is 8.61. The first-order valence-electron chi connectivity index (χ1n) is 9.76. The molecule has 1 amide bonds. The second-order valence-corrected chi connectivity index (χ2v) is 7.67. The Morgan fingerprint density at radius 2 is 1.70 bits per heavy atom. The molecule has 0 spiro atoms. The first-order chi connectivity index (χ1) is 12.8. The number of benzene rings is 1. The summed E-state index contributed by atoms with van der Waals surface area (Å²) in [5.41, 5.74) is 0.265. The Hall–Kier alpha value is -1.60. The first kappa shape index (κ1) is 20.1. The van der Waals surface area contributed by atoms with Crippen molar-refractivity contribution in [3.8, 4) is 0 Å². The van der Waals surface area contributed by atoms with Crippen LogP contribution in [0.5, 0.6) is 0 Å². The molecule has 1 heterocycles. The second-order valence-electron chi connectivity index (χ2n) is 7.67. The molecule has 27 heavy (non-hydrogen) atoms. The van der Waals surface area contributed by atoms with Crippen molar-refractivity contribution in [3.05, 3.63) is 35.4 Å². The maximum Gasteiger partial charge on any atom is 0.416 e. The molecule has 150 valence electrons. The number of carbonyl (C=O) groups excluding carboxylic acids is 1. The van der Waals surface area contributed by atoms with Crippen LogP contribution >= 0.6 is 0 Å². The molecule has 4 nitrogen and oxygen atoms in total. The maximum atomic E-state index is 12.6. The van der Waals surface area contributed by atoms with Gasteiger partial charge in [0.2, 0.25) is 5.91 Å². The van der Waals surface area contributed by atoms with Crippen molar-refractivity contribution in [2.24, 2.45) is 0 Å². The molecule has 7 heteroatoms. The summed E-state index contributed by atoms with van der Waals surface area (Å²) >= 11 is 0. The fourth-order valence-electron chi connectivity index (χ4n) is 3.92. The molecule has 3 rings (SSSR count). The Kier molecular flexibility index (Phi) is 6.42. The summed E-state index contributed by atoms with van der Waals surface area (Å²) in [5.74, 6) is 0.109. The van der Waals surface area contributed by atoms with Crippen LogP contribution in [0.15, 0.2) is 24.3 Å². The van der Waals surface area contributed by atoms with Crippen LogP contribution in [0, 0.1) is 0 Å². The summed E-state index contributed by atoms with van der Waals surface area (Å²) in [6.07, 6.45) is 0.266. The lowest BCUT2D eigenvalue weighted by Gasteiger charge is -2.37. The molecule has 1 aromatic rings. The number of hydrogen-bond donors (Lipinski definition) is 1. The van der Waals surface area contributed by atoms with E-state index in [0.717, 1.165) is 56.7 Å². The topological polar surface area (TPSA) is 35.6 Å². The number of amides is 1. The van der Waals surface area contributed by atoms with Gasteiger partial charge in [-0.15, -0.1) is 0 Å². The standard InChI is InChI=1S/C20H28F3N3O/c1-15(19(27)24-18-4-2-3-5-18)26-12-10-25(11-13-26)14-16-6-8-17(9-7-16)20(21,22)23/h6-9,15,18H,2-5,10-14H2,1H3,(H,24,27)/t15-/m0/s1. The number of rotatable bonds is 5. The minimum absolute atomic E-state index is 0.109. The number of hydrogen-bond acceptors (Lipinski definition) is 3. The average Bonchev–Trinajstić information content (AvgIpc) is 3.14. The van der Waals surface area contributed by atoms with Crippen LogP contribution in [0.25, 0.3) is 0 Å². The molecule has 0 radical (unpaired) electrons. The van der Waals surface area contributed by atoms with Crippen molar-refractivity contribution in [2.75, 3.05) is 26.2 Å². The van der Waals surface area contributed by atoms with Gasteiger partial charge in [-0.3, -0.25) is 14.6 Å². The van der Waals surface area contributed by atoms with Crippen LogP contribution in [0.2, 0.25) is 0 Å². The van der Waals surface area contributed by atoms with Gasteiger partial charge in [-0.25, -0.2) is 0 Å². The number of nitrogens with one attached hydrogen (secondary N) is 1. The van der Waals surface area contributed by atoms with Gasteiger partial charge < -0.3 is 5.32 Å². The van der Waals surface area contributed by atoms with Crippen molar-refractivity contribution in [1.82, 2.24) is 15.1 Å². The number of alkyl halides is 3. The molecule has 0 bridgehead atoms. The molecule has 1 aliphatic carbocycles. The van der Waals surface area contributed by atoms with Crippen molar-refractivity contribution in [3.63, 3.8) is 0 Å². The molecule has 1 saturated carbocycles. The molecule has 2 fully saturated rings. The number of piperazine rings is 1. The Morgan fingerprint density at radius 1 is 1.11 bits per heavy atom. The fourth-order valence-corrected chi connectivity index (χ4v) is 3.92. The van der Waals surface area contributed by atoms with Crippen LogP contribution in [0.3, 0.4) is 0 Å². The highest BCUT2D eigenvalue weighted by atomic mass is 19.4. The summed E-state index contributed by atoms with van der Waals surface area (Å²) in [7, 11) is 0. The zero-order valence-corrected chi connectivity index (χ0v) is 15.8. The van der Waals surface area contributed by atoms with Gasteiger partial charge in [0.1, 0.15) is 0 Å². The molecular formula is C20H28F3N3O. The van der Waals surface area contributed by atoms with E-state index in [2.05, 4.69) is 15.1 Å². The minimum atomic E-state index is -4.29. The molecule has 1 atom stereocenters. The molecule has 1 N–H and O–H groups in total. The quantitative estimate of drug-likeness (QED) is 0.848. The van der Waals surface area contributed by atoms with E-state index in [1.807, 2.05) is 6.92 Å². The lowest BCUT2D eigenvalue weighted by atomic mass is 10.1. The van der Waals surface area contributed by atoms with E-state index in [-0.39, 0.29) is 11.9 Å². The van der Waals surface area contributed by atoms with E-state index in [1.165, 1.54) is 12.8 Å². The highest BCUT2D eigenvalue weighted by molar-refractivity contribution is 5.81.